The maximum atomic E-state index is 12.6. The van der Waals surface area contributed by atoms with Gasteiger partial charge in [-0.1, -0.05) is 32.4 Å². The third-order valence-electron chi connectivity index (χ3n) is 6.23. The van der Waals surface area contributed by atoms with Gasteiger partial charge in [-0.2, -0.15) is 8.78 Å². The Morgan fingerprint density at radius 3 is 2.15 bits per heavy atom. The van der Waals surface area contributed by atoms with E-state index in [9.17, 15) is 8.78 Å². The van der Waals surface area contributed by atoms with E-state index in [2.05, 4.69) is 68.5 Å². The molecular weight excluding hydrogens is 438 g/mol. The molecule has 9 heteroatoms. The van der Waals surface area contributed by atoms with Crippen molar-refractivity contribution in [1.82, 2.24) is 20.2 Å². The van der Waals surface area contributed by atoms with Gasteiger partial charge in [0.25, 0.3) is 11.8 Å². The fourth-order valence-electron chi connectivity index (χ4n) is 4.32. The first-order chi connectivity index (χ1) is 16.5. The molecule has 3 aromatic rings. The van der Waals surface area contributed by atoms with Crippen molar-refractivity contribution < 1.29 is 13.2 Å². The lowest BCUT2D eigenvalue weighted by Gasteiger charge is -2.43. The molecule has 1 aliphatic carbocycles. The Hall–Kier alpha value is -3.10. The second-order valence-corrected chi connectivity index (χ2v) is 8.90. The second kappa shape index (κ2) is 10.9. The van der Waals surface area contributed by atoms with Gasteiger partial charge in [0, 0.05) is 31.2 Å². The summed E-state index contributed by atoms with van der Waals surface area (Å²) in [4.78, 5) is 11.1. The smallest absolute Gasteiger partial charge is 0.314 e. The minimum Gasteiger partial charge on any atom is -0.415 e. The fourth-order valence-corrected chi connectivity index (χ4v) is 4.32. The number of alkyl halides is 2. The van der Waals surface area contributed by atoms with Crippen LogP contribution in [0.5, 0.6) is 0 Å². The highest BCUT2D eigenvalue weighted by molar-refractivity contribution is 5.53. The van der Waals surface area contributed by atoms with E-state index in [1.165, 1.54) is 49.3 Å². The van der Waals surface area contributed by atoms with Crippen LogP contribution in [0.15, 0.2) is 41.1 Å². The van der Waals surface area contributed by atoms with Crippen LogP contribution in [-0.4, -0.2) is 33.3 Å². The molecule has 1 saturated heterocycles. The molecule has 2 aromatic heterocycles. The molecule has 5 rings (SSSR count). The van der Waals surface area contributed by atoms with Crippen LogP contribution in [0.4, 0.5) is 20.4 Å². The summed E-state index contributed by atoms with van der Waals surface area (Å²) in [5, 5.41) is 10.5. The van der Waals surface area contributed by atoms with Gasteiger partial charge >= 0.3 is 6.43 Å². The van der Waals surface area contributed by atoms with E-state index < -0.39 is 12.3 Å². The Bertz CT molecular complexity index is 1030. The lowest BCUT2D eigenvalue weighted by atomic mass is 9.72. The minimum absolute atomic E-state index is 0.0199. The molecule has 0 spiro atoms. The highest BCUT2D eigenvalue weighted by Crippen LogP contribution is 2.44. The second-order valence-electron chi connectivity index (χ2n) is 8.90. The van der Waals surface area contributed by atoms with Gasteiger partial charge in [-0.15, -0.1) is 10.2 Å². The van der Waals surface area contributed by atoms with E-state index in [4.69, 9.17) is 4.42 Å². The number of hydrogen-bond acceptors (Lipinski definition) is 7. The molecule has 0 unspecified atom stereocenters. The number of piperidine rings is 1. The number of nitrogens with one attached hydrogen (secondary N) is 1. The lowest BCUT2D eigenvalue weighted by Crippen LogP contribution is -2.42. The standard InChI is InChI=1S/C22H24F2N6O.C3H8/c23-18(24)20-29-28-19(31-20)15-13-25-21(26-14-15)27-22(9-4-10-22)16-5-7-17(8-6-16)30-11-2-1-3-12-30;1-3-2/h5-8,13-14,18H,1-4,9-12H2,(H,25,26,27);3H2,1-2H3. The highest BCUT2D eigenvalue weighted by atomic mass is 19.3. The predicted octanol–water partition coefficient (Wildman–Crippen LogP) is 6.36. The average Bonchev–Trinajstić information content (AvgIpc) is 3.34. The van der Waals surface area contributed by atoms with Gasteiger partial charge in [-0.25, -0.2) is 9.97 Å². The third kappa shape index (κ3) is 5.34. The van der Waals surface area contributed by atoms with Crippen LogP contribution in [0.1, 0.15) is 76.7 Å². The molecule has 7 nitrogen and oxygen atoms in total. The number of halogens is 2. The summed E-state index contributed by atoms with van der Waals surface area (Å²) in [6.45, 7) is 6.50. The zero-order valence-electron chi connectivity index (χ0n) is 19.8. The zero-order valence-corrected chi connectivity index (χ0v) is 19.8. The van der Waals surface area contributed by atoms with Crippen LogP contribution in [0.25, 0.3) is 11.5 Å². The van der Waals surface area contributed by atoms with Crippen molar-refractivity contribution >= 4 is 11.6 Å². The van der Waals surface area contributed by atoms with Gasteiger partial charge in [0.05, 0.1) is 11.1 Å². The van der Waals surface area contributed by atoms with E-state index >= 15 is 0 Å². The van der Waals surface area contributed by atoms with Crippen LogP contribution in [-0.2, 0) is 5.54 Å². The van der Waals surface area contributed by atoms with Crippen molar-refractivity contribution in [2.24, 2.45) is 0 Å². The van der Waals surface area contributed by atoms with Gasteiger partial charge in [-0.05, 0) is 56.2 Å². The van der Waals surface area contributed by atoms with Crippen molar-refractivity contribution in [1.29, 1.82) is 0 Å². The normalized spacial score (nSPS) is 17.0. The summed E-state index contributed by atoms with van der Waals surface area (Å²) in [6.07, 6.45) is 8.43. The summed E-state index contributed by atoms with van der Waals surface area (Å²) >= 11 is 0. The van der Waals surface area contributed by atoms with Gasteiger partial charge < -0.3 is 14.6 Å². The van der Waals surface area contributed by atoms with Gasteiger partial charge in [0.1, 0.15) is 0 Å². The van der Waals surface area contributed by atoms with E-state index in [1.807, 2.05) is 0 Å². The SMILES string of the molecule is CCC.FC(F)c1nnc(-c2cnc(NC3(c4ccc(N5CCCCC5)cc4)CCC3)nc2)o1. The fraction of sp³-hybridized carbons (Fsp3) is 0.520. The molecule has 1 aromatic carbocycles. The Kier molecular flexibility index (Phi) is 7.70. The molecule has 182 valence electrons. The van der Waals surface area contributed by atoms with Crippen LogP contribution >= 0.6 is 0 Å². The van der Waals surface area contributed by atoms with Crippen molar-refractivity contribution in [3.63, 3.8) is 0 Å². The number of benzene rings is 1. The molecular formula is C25H32F2N6O. The number of hydrogen-bond donors (Lipinski definition) is 1. The van der Waals surface area contributed by atoms with Crippen LogP contribution in [0.2, 0.25) is 0 Å². The average molecular weight is 471 g/mol. The molecule has 2 aliphatic rings. The van der Waals surface area contributed by atoms with E-state index in [0.29, 0.717) is 11.5 Å². The largest absolute Gasteiger partial charge is 0.415 e. The van der Waals surface area contributed by atoms with Crippen molar-refractivity contribution in [3.8, 4) is 11.5 Å². The topological polar surface area (TPSA) is 80.0 Å². The first kappa shape index (κ1) is 24.0. The highest BCUT2D eigenvalue weighted by Gasteiger charge is 2.39. The number of nitrogens with zero attached hydrogens (tertiary/aromatic N) is 5. The predicted molar refractivity (Wildman–Crippen MR) is 128 cm³/mol. The Morgan fingerprint density at radius 1 is 0.971 bits per heavy atom. The first-order valence-corrected chi connectivity index (χ1v) is 12.1. The molecule has 0 amide bonds. The molecule has 0 bridgehead atoms. The molecule has 0 atom stereocenters. The maximum Gasteiger partial charge on any atom is 0.314 e. The Balaban J connectivity index is 0.000000868. The maximum absolute atomic E-state index is 12.6. The van der Waals surface area contributed by atoms with E-state index in [-0.39, 0.29) is 11.4 Å². The first-order valence-electron chi connectivity index (χ1n) is 12.1. The summed E-state index contributed by atoms with van der Waals surface area (Å²) in [6, 6.07) is 8.83. The molecule has 1 aliphatic heterocycles. The number of aromatic nitrogens is 4. The molecule has 2 fully saturated rings. The Labute approximate surface area is 199 Å². The van der Waals surface area contributed by atoms with Gasteiger partial charge in [0.15, 0.2) is 0 Å². The van der Waals surface area contributed by atoms with Gasteiger partial charge in [-0.3, -0.25) is 0 Å². The zero-order chi connectivity index (χ0) is 24.0. The summed E-state index contributed by atoms with van der Waals surface area (Å²) in [5.74, 6) is -0.246. The monoisotopic (exact) mass is 470 g/mol. The summed E-state index contributed by atoms with van der Waals surface area (Å²) in [7, 11) is 0. The van der Waals surface area contributed by atoms with Crippen LogP contribution in [0.3, 0.4) is 0 Å². The molecule has 0 radical (unpaired) electrons. The molecule has 1 saturated carbocycles. The third-order valence-corrected chi connectivity index (χ3v) is 6.23. The van der Waals surface area contributed by atoms with Crippen molar-refractivity contribution in [3.05, 3.63) is 48.1 Å². The van der Waals surface area contributed by atoms with Crippen molar-refractivity contribution in [2.75, 3.05) is 23.3 Å². The molecule has 34 heavy (non-hydrogen) atoms. The van der Waals surface area contributed by atoms with Crippen molar-refractivity contribution in [2.45, 2.75) is 70.8 Å². The number of rotatable bonds is 6. The van der Waals surface area contributed by atoms with Crippen LogP contribution in [0, 0.1) is 0 Å². The molecule has 3 heterocycles. The van der Waals surface area contributed by atoms with Crippen LogP contribution < -0.4 is 10.2 Å². The Morgan fingerprint density at radius 2 is 1.62 bits per heavy atom. The van der Waals surface area contributed by atoms with Gasteiger partial charge in [0.2, 0.25) is 5.95 Å². The molecule has 1 N–H and O–H groups in total. The lowest BCUT2D eigenvalue weighted by molar-refractivity contribution is 0.116. The summed E-state index contributed by atoms with van der Waals surface area (Å²) in [5.41, 5.74) is 2.72. The van der Waals surface area contributed by atoms with E-state index in [1.54, 1.807) is 0 Å². The van der Waals surface area contributed by atoms with E-state index in [0.717, 1.165) is 32.4 Å². The number of anilines is 2. The minimum atomic E-state index is -2.80. The quantitative estimate of drug-likeness (QED) is 0.449. The summed E-state index contributed by atoms with van der Waals surface area (Å²) < 4.78 is 30.2.